The van der Waals surface area contributed by atoms with Gasteiger partial charge in [-0.1, -0.05) is 24.8 Å². The van der Waals surface area contributed by atoms with Crippen LogP contribution in [0.2, 0.25) is 0 Å². The molecule has 0 atom stereocenters. The molecule has 2 saturated heterocycles. The van der Waals surface area contributed by atoms with Gasteiger partial charge in [0.15, 0.2) is 0 Å². The SMILES string of the molecule is C=CC(=O)N1CC2(CCN(c3nc4c(c(-c5ccccc5F)c3C#N)CCN(c3ccnn3C)C4)C2)C1. The number of hydrogen-bond acceptors (Lipinski definition) is 6. The summed E-state index contributed by atoms with van der Waals surface area (Å²) in [7, 11) is 1.91. The minimum atomic E-state index is -0.345. The quantitative estimate of drug-likeness (QED) is 0.515. The van der Waals surface area contributed by atoms with Crippen molar-refractivity contribution >= 4 is 17.5 Å². The fourth-order valence-corrected chi connectivity index (χ4v) is 6.16. The Kier molecular flexibility index (Phi) is 5.48. The van der Waals surface area contributed by atoms with Gasteiger partial charge in [0.25, 0.3) is 0 Å². The van der Waals surface area contributed by atoms with Crippen molar-refractivity contribution in [2.75, 3.05) is 42.5 Å². The molecule has 3 aliphatic rings. The van der Waals surface area contributed by atoms with E-state index in [1.165, 1.54) is 12.1 Å². The summed E-state index contributed by atoms with van der Waals surface area (Å²) < 4.78 is 17.0. The molecule has 37 heavy (non-hydrogen) atoms. The molecule has 6 rings (SSSR count). The third-order valence-electron chi connectivity index (χ3n) is 7.99. The molecule has 8 nitrogen and oxygen atoms in total. The van der Waals surface area contributed by atoms with Crippen LogP contribution in [-0.2, 0) is 24.8 Å². The summed E-state index contributed by atoms with van der Waals surface area (Å²) in [6.45, 7) is 7.66. The molecule has 0 saturated carbocycles. The van der Waals surface area contributed by atoms with Crippen molar-refractivity contribution in [3.8, 4) is 17.2 Å². The van der Waals surface area contributed by atoms with E-state index in [2.05, 4.69) is 27.5 Å². The van der Waals surface area contributed by atoms with Crippen LogP contribution in [0.5, 0.6) is 0 Å². The number of fused-ring (bicyclic) bond motifs is 1. The summed E-state index contributed by atoms with van der Waals surface area (Å²) in [5, 5.41) is 14.7. The second-order valence-corrected chi connectivity index (χ2v) is 10.3. The first kappa shape index (κ1) is 23.2. The second kappa shape index (κ2) is 8.73. The van der Waals surface area contributed by atoms with Crippen molar-refractivity contribution in [2.45, 2.75) is 19.4 Å². The number of carbonyl (C=O) groups excluding carboxylic acids is 1. The van der Waals surface area contributed by atoms with E-state index >= 15 is 4.39 Å². The largest absolute Gasteiger partial charge is 0.355 e. The number of rotatable bonds is 4. The van der Waals surface area contributed by atoms with Gasteiger partial charge in [-0.05, 0) is 30.5 Å². The summed E-state index contributed by atoms with van der Waals surface area (Å²) in [5.41, 5.74) is 3.30. The average Bonchev–Trinajstić information content (AvgIpc) is 3.53. The Morgan fingerprint density at radius 3 is 2.70 bits per heavy atom. The fraction of sp³-hybridized carbons (Fsp3) is 0.357. The highest BCUT2D eigenvalue weighted by Gasteiger charge is 2.49. The zero-order valence-corrected chi connectivity index (χ0v) is 20.8. The van der Waals surface area contributed by atoms with Gasteiger partial charge in [-0.25, -0.2) is 9.37 Å². The van der Waals surface area contributed by atoms with Crippen molar-refractivity contribution in [3.63, 3.8) is 0 Å². The van der Waals surface area contributed by atoms with Crippen molar-refractivity contribution in [1.29, 1.82) is 5.26 Å². The summed E-state index contributed by atoms with van der Waals surface area (Å²) in [4.78, 5) is 23.3. The number of likely N-dealkylation sites (tertiary alicyclic amines) is 1. The Morgan fingerprint density at radius 2 is 2.00 bits per heavy atom. The number of amides is 1. The lowest BCUT2D eigenvalue weighted by molar-refractivity contribution is -0.136. The zero-order chi connectivity index (χ0) is 25.7. The normalized spacial score (nSPS) is 17.9. The van der Waals surface area contributed by atoms with Crippen LogP contribution in [0.3, 0.4) is 0 Å². The van der Waals surface area contributed by atoms with Crippen LogP contribution in [0.15, 0.2) is 49.2 Å². The number of aromatic nitrogens is 3. The third-order valence-corrected chi connectivity index (χ3v) is 7.99. The topological polar surface area (TPSA) is 81.3 Å². The second-order valence-electron chi connectivity index (χ2n) is 10.3. The molecule has 3 aromatic rings. The number of hydrogen-bond donors (Lipinski definition) is 0. The number of nitriles is 1. The predicted octanol–water partition coefficient (Wildman–Crippen LogP) is 3.28. The summed E-state index contributed by atoms with van der Waals surface area (Å²) >= 11 is 0. The third kappa shape index (κ3) is 3.75. The Hall–Kier alpha value is -4.19. The van der Waals surface area contributed by atoms with Crippen LogP contribution in [0.4, 0.5) is 16.0 Å². The highest BCUT2D eigenvalue weighted by molar-refractivity contribution is 5.88. The van der Waals surface area contributed by atoms with E-state index in [0.29, 0.717) is 55.1 Å². The first-order valence-corrected chi connectivity index (χ1v) is 12.5. The minimum Gasteiger partial charge on any atom is -0.355 e. The number of pyridine rings is 1. The molecule has 0 radical (unpaired) electrons. The summed E-state index contributed by atoms with van der Waals surface area (Å²) in [5.74, 6) is 1.21. The molecule has 9 heteroatoms. The van der Waals surface area contributed by atoms with Gasteiger partial charge in [0.1, 0.15) is 29.1 Å². The molecule has 188 valence electrons. The van der Waals surface area contributed by atoms with Crippen LogP contribution < -0.4 is 9.80 Å². The van der Waals surface area contributed by atoms with Gasteiger partial charge in [0.05, 0.1) is 18.4 Å². The lowest BCUT2D eigenvalue weighted by atomic mass is 9.79. The van der Waals surface area contributed by atoms with Crippen LogP contribution >= 0.6 is 0 Å². The standard InChI is InChI=1S/C28H28FN7O/c1-3-25(37)36-17-28(18-36)10-13-35(16-28)27-21(14-30)26(19-6-4-5-7-22(19)29)20-9-12-34(15-23(20)32-27)24-8-11-31-33(24)2/h3-8,11H,1,9-10,12-13,15-18H2,2H3. The fourth-order valence-electron chi connectivity index (χ4n) is 6.16. The van der Waals surface area contributed by atoms with E-state index in [9.17, 15) is 10.1 Å². The van der Waals surface area contributed by atoms with E-state index in [1.807, 2.05) is 17.8 Å². The van der Waals surface area contributed by atoms with E-state index < -0.39 is 0 Å². The monoisotopic (exact) mass is 497 g/mol. The summed E-state index contributed by atoms with van der Waals surface area (Å²) in [6, 6.07) is 11.0. The first-order valence-electron chi connectivity index (χ1n) is 12.5. The molecule has 0 N–H and O–H groups in total. The van der Waals surface area contributed by atoms with Crippen molar-refractivity contribution < 1.29 is 9.18 Å². The van der Waals surface area contributed by atoms with E-state index in [1.54, 1.807) is 29.3 Å². The van der Waals surface area contributed by atoms with Gasteiger partial charge in [0.2, 0.25) is 5.91 Å². The van der Waals surface area contributed by atoms with Crippen LogP contribution in [-0.4, -0.2) is 58.3 Å². The van der Waals surface area contributed by atoms with Gasteiger partial charge in [-0.2, -0.15) is 10.4 Å². The van der Waals surface area contributed by atoms with E-state index in [4.69, 9.17) is 4.98 Å². The molecule has 5 heterocycles. The molecule has 2 fully saturated rings. The lowest BCUT2D eigenvalue weighted by Gasteiger charge is -2.47. The Bertz CT molecular complexity index is 1450. The molecule has 0 bridgehead atoms. The highest BCUT2D eigenvalue weighted by Crippen LogP contribution is 2.44. The Balaban J connectivity index is 1.42. The molecular weight excluding hydrogens is 469 g/mol. The molecule has 1 spiro atoms. The number of benzene rings is 1. The predicted molar refractivity (Wildman–Crippen MR) is 138 cm³/mol. The number of carbonyl (C=O) groups is 1. The van der Waals surface area contributed by atoms with Gasteiger partial charge in [0, 0.05) is 62.4 Å². The molecule has 1 aromatic carbocycles. The Morgan fingerprint density at radius 1 is 1.19 bits per heavy atom. The zero-order valence-electron chi connectivity index (χ0n) is 20.8. The molecule has 0 aliphatic carbocycles. The number of aryl methyl sites for hydroxylation is 1. The van der Waals surface area contributed by atoms with Crippen molar-refractivity contribution in [3.05, 3.63) is 71.8 Å². The maximum Gasteiger partial charge on any atom is 0.245 e. The lowest BCUT2D eigenvalue weighted by Crippen LogP contribution is -2.59. The number of halogens is 1. The van der Waals surface area contributed by atoms with Crippen LogP contribution in [0.1, 0.15) is 23.2 Å². The maximum absolute atomic E-state index is 15.2. The highest BCUT2D eigenvalue weighted by atomic mass is 19.1. The van der Waals surface area contributed by atoms with Gasteiger partial charge in [-0.15, -0.1) is 0 Å². The smallest absolute Gasteiger partial charge is 0.245 e. The van der Waals surface area contributed by atoms with Crippen LogP contribution in [0, 0.1) is 22.6 Å². The molecular formula is C28H28FN7O. The Labute approximate surface area is 215 Å². The molecule has 3 aliphatic heterocycles. The van der Waals surface area contributed by atoms with E-state index in [-0.39, 0.29) is 17.1 Å². The molecule has 2 aromatic heterocycles. The van der Waals surface area contributed by atoms with Crippen molar-refractivity contribution in [2.24, 2.45) is 12.5 Å². The molecule has 0 unspecified atom stereocenters. The van der Waals surface area contributed by atoms with Gasteiger partial charge in [-0.3, -0.25) is 9.48 Å². The van der Waals surface area contributed by atoms with Crippen molar-refractivity contribution in [1.82, 2.24) is 19.7 Å². The van der Waals surface area contributed by atoms with Gasteiger partial charge < -0.3 is 14.7 Å². The number of anilines is 2. The van der Waals surface area contributed by atoms with Gasteiger partial charge >= 0.3 is 0 Å². The average molecular weight is 498 g/mol. The minimum absolute atomic E-state index is 0.0120. The first-order chi connectivity index (χ1) is 17.9. The maximum atomic E-state index is 15.2. The van der Waals surface area contributed by atoms with Crippen LogP contribution in [0.25, 0.3) is 11.1 Å². The van der Waals surface area contributed by atoms with E-state index in [0.717, 1.165) is 36.6 Å². The summed E-state index contributed by atoms with van der Waals surface area (Å²) in [6.07, 6.45) is 4.69. The number of nitrogens with zero attached hydrogens (tertiary/aromatic N) is 7. The molecule has 1 amide bonds.